The number of anilines is 1. The van der Waals surface area contributed by atoms with E-state index < -0.39 is 26.4 Å². The van der Waals surface area contributed by atoms with Crippen molar-refractivity contribution in [1.82, 2.24) is 0 Å². The Morgan fingerprint density at radius 2 is 1.80 bits per heavy atom. The Labute approximate surface area is 144 Å². The van der Waals surface area contributed by atoms with Crippen LogP contribution in [0, 0.1) is 10.1 Å². The van der Waals surface area contributed by atoms with Crippen molar-refractivity contribution in [1.29, 1.82) is 0 Å². The summed E-state index contributed by atoms with van der Waals surface area (Å²) in [7, 11) is -2.29. The SMILES string of the molecule is COc1ccccc1NC(=O)CS(=O)(=O)Cc1ccc([N+](=O)[O-])cc1. The number of carbonyl (C=O) groups excluding carboxylic acids is 1. The van der Waals surface area contributed by atoms with Gasteiger partial charge in [0.25, 0.3) is 5.69 Å². The molecule has 1 amide bonds. The van der Waals surface area contributed by atoms with E-state index in [1.807, 2.05) is 0 Å². The number of nitro groups is 1. The van der Waals surface area contributed by atoms with Crippen LogP contribution in [0.15, 0.2) is 48.5 Å². The van der Waals surface area contributed by atoms with Crippen LogP contribution in [0.25, 0.3) is 0 Å². The molecular formula is C16H16N2O6S. The van der Waals surface area contributed by atoms with Crippen LogP contribution < -0.4 is 10.1 Å². The predicted molar refractivity (Wildman–Crippen MR) is 92.2 cm³/mol. The van der Waals surface area contributed by atoms with E-state index in [2.05, 4.69) is 5.32 Å². The normalized spacial score (nSPS) is 10.9. The zero-order valence-electron chi connectivity index (χ0n) is 13.3. The highest BCUT2D eigenvalue weighted by Crippen LogP contribution is 2.23. The Hall–Kier alpha value is -2.94. The van der Waals surface area contributed by atoms with E-state index in [0.29, 0.717) is 17.0 Å². The number of hydrogen-bond acceptors (Lipinski definition) is 6. The Kier molecular flexibility index (Phi) is 5.71. The number of nitrogens with one attached hydrogen (secondary N) is 1. The number of sulfone groups is 1. The van der Waals surface area contributed by atoms with Gasteiger partial charge in [0.1, 0.15) is 11.5 Å². The largest absolute Gasteiger partial charge is 0.495 e. The van der Waals surface area contributed by atoms with Crippen LogP contribution in [-0.4, -0.2) is 32.1 Å². The fraction of sp³-hybridized carbons (Fsp3) is 0.188. The van der Waals surface area contributed by atoms with Gasteiger partial charge in [-0.25, -0.2) is 8.42 Å². The second-order valence-electron chi connectivity index (χ2n) is 5.20. The summed E-state index contributed by atoms with van der Waals surface area (Å²) in [4.78, 5) is 22.0. The van der Waals surface area contributed by atoms with Crippen molar-refractivity contribution < 1.29 is 22.9 Å². The highest BCUT2D eigenvalue weighted by molar-refractivity contribution is 7.91. The van der Waals surface area contributed by atoms with E-state index in [4.69, 9.17) is 4.74 Å². The lowest BCUT2D eigenvalue weighted by Crippen LogP contribution is -2.24. The van der Waals surface area contributed by atoms with E-state index in [-0.39, 0.29) is 11.4 Å². The highest BCUT2D eigenvalue weighted by Gasteiger charge is 2.19. The number of nitrogens with zero attached hydrogens (tertiary/aromatic N) is 1. The van der Waals surface area contributed by atoms with Gasteiger partial charge in [-0.1, -0.05) is 24.3 Å². The lowest BCUT2D eigenvalue weighted by Gasteiger charge is -2.10. The lowest BCUT2D eigenvalue weighted by molar-refractivity contribution is -0.384. The zero-order valence-corrected chi connectivity index (χ0v) is 14.2. The zero-order chi connectivity index (χ0) is 18.4. The van der Waals surface area contributed by atoms with Crippen LogP contribution >= 0.6 is 0 Å². The summed E-state index contributed by atoms with van der Waals surface area (Å²) in [6.45, 7) is 0. The first-order valence-electron chi connectivity index (χ1n) is 7.17. The molecule has 0 fully saturated rings. The summed E-state index contributed by atoms with van der Waals surface area (Å²) >= 11 is 0. The molecule has 2 rings (SSSR count). The minimum absolute atomic E-state index is 0.130. The fourth-order valence-electron chi connectivity index (χ4n) is 2.15. The topological polar surface area (TPSA) is 116 Å². The first kappa shape index (κ1) is 18.4. The highest BCUT2D eigenvalue weighted by atomic mass is 32.2. The Morgan fingerprint density at radius 3 is 2.40 bits per heavy atom. The number of non-ortho nitro benzene ring substituents is 1. The van der Waals surface area contributed by atoms with E-state index in [1.165, 1.54) is 31.4 Å². The summed E-state index contributed by atoms with van der Waals surface area (Å²) in [6.07, 6.45) is 0. The quantitative estimate of drug-likeness (QED) is 0.594. The van der Waals surface area contributed by atoms with Crippen molar-refractivity contribution in [3.63, 3.8) is 0 Å². The molecule has 0 spiro atoms. The van der Waals surface area contributed by atoms with Gasteiger partial charge in [-0.3, -0.25) is 14.9 Å². The van der Waals surface area contributed by atoms with E-state index >= 15 is 0 Å². The Bertz CT molecular complexity index is 878. The Balaban J connectivity index is 2.02. The van der Waals surface area contributed by atoms with Gasteiger partial charge in [-0.15, -0.1) is 0 Å². The van der Waals surface area contributed by atoms with Crippen molar-refractivity contribution in [2.24, 2.45) is 0 Å². The number of nitro benzene ring substituents is 1. The molecule has 0 unspecified atom stereocenters. The summed E-state index contributed by atoms with van der Waals surface area (Å²) in [5, 5.41) is 13.1. The van der Waals surface area contributed by atoms with Gasteiger partial charge < -0.3 is 10.1 Å². The van der Waals surface area contributed by atoms with Crippen molar-refractivity contribution in [2.75, 3.05) is 18.2 Å². The molecule has 0 saturated carbocycles. The van der Waals surface area contributed by atoms with E-state index in [9.17, 15) is 23.3 Å². The molecule has 2 aromatic rings. The maximum absolute atomic E-state index is 12.1. The van der Waals surface area contributed by atoms with Gasteiger partial charge in [-0.05, 0) is 17.7 Å². The first-order chi connectivity index (χ1) is 11.8. The maximum atomic E-state index is 12.1. The van der Waals surface area contributed by atoms with Gasteiger partial charge in [0.2, 0.25) is 5.91 Å². The third-order valence-electron chi connectivity index (χ3n) is 3.27. The number of amides is 1. The second kappa shape index (κ2) is 7.75. The second-order valence-corrected chi connectivity index (χ2v) is 7.27. The van der Waals surface area contributed by atoms with Crippen LogP contribution in [0.1, 0.15) is 5.56 Å². The number of benzene rings is 2. The summed E-state index contributed by atoms with van der Waals surface area (Å²) in [5.74, 6) is -1.36. The molecule has 132 valence electrons. The number of ether oxygens (including phenoxy) is 1. The van der Waals surface area contributed by atoms with Crippen molar-refractivity contribution in [3.8, 4) is 5.75 Å². The third-order valence-corrected chi connectivity index (χ3v) is 4.74. The molecular weight excluding hydrogens is 348 g/mol. The molecule has 0 atom stereocenters. The van der Waals surface area contributed by atoms with Gasteiger partial charge >= 0.3 is 0 Å². The minimum Gasteiger partial charge on any atom is -0.495 e. The van der Waals surface area contributed by atoms with Crippen LogP contribution in [0.4, 0.5) is 11.4 Å². The molecule has 8 nitrogen and oxygen atoms in total. The van der Waals surface area contributed by atoms with Gasteiger partial charge in [-0.2, -0.15) is 0 Å². The number of carbonyl (C=O) groups is 1. The summed E-state index contributed by atoms with van der Waals surface area (Å²) < 4.78 is 29.4. The van der Waals surface area contributed by atoms with Gasteiger partial charge in [0, 0.05) is 12.1 Å². The van der Waals surface area contributed by atoms with E-state index in [0.717, 1.165) is 0 Å². The number of rotatable bonds is 7. The van der Waals surface area contributed by atoms with E-state index in [1.54, 1.807) is 24.3 Å². The van der Waals surface area contributed by atoms with Crippen molar-refractivity contribution in [2.45, 2.75) is 5.75 Å². The fourth-order valence-corrected chi connectivity index (χ4v) is 3.43. The molecule has 0 saturated heterocycles. The maximum Gasteiger partial charge on any atom is 0.269 e. The molecule has 9 heteroatoms. The monoisotopic (exact) mass is 364 g/mol. The predicted octanol–water partition coefficient (Wildman–Crippen LogP) is 2.16. The minimum atomic E-state index is -3.73. The smallest absolute Gasteiger partial charge is 0.269 e. The molecule has 0 aliphatic carbocycles. The average molecular weight is 364 g/mol. The summed E-state index contributed by atoms with van der Waals surface area (Å²) in [5.41, 5.74) is 0.617. The molecule has 0 radical (unpaired) electrons. The van der Waals surface area contributed by atoms with Gasteiger partial charge in [0.05, 0.1) is 23.5 Å². The van der Waals surface area contributed by atoms with Crippen LogP contribution in [0.5, 0.6) is 5.75 Å². The van der Waals surface area contributed by atoms with Gasteiger partial charge in [0.15, 0.2) is 9.84 Å². The first-order valence-corrected chi connectivity index (χ1v) is 8.99. The standard InChI is InChI=1S/C16H16N2O6S/c1-24-15-5-3-2-4-14(15)17-16(19)11-25(22,23)10-12-6-8-13(9-7-12)18(20)21/h2-9H,10-11H2,1H3,(H,17,19). The number of para-hydroxylation sites is 2. The number of methoxy groups -OCH3 is 1. The molecule has 0 heterocycles. The van der Waals surface area contributed by atoms with Crippen LogP contribution in [-0.2, 0) is 20.4 Å². The molecule has 0 bridgehead atoms. The third kappa shape index (κ3) is 5.28. The molecule has 2 aromatic carbocycles. The van der Waals surface area contributed by atoms with Crippen LogP contribution in [0.2, 0.25) is 0 Å². The Morgan fingerprint density at radius 1 is 1.16 bits per heavy atom. The molecule has 25 heavy (non-hydrogen) atoms. The molecule has 1 N–H and O–H groups in total. The molecule has 0 aliphatic rings. The average Bonchev–Trinajstić information content (AvgIpc) is 2.54. The number of hydrogen-bond donors (Lipinski definition) is 1. The molecule has 0 aromatic heterocycles. The molecule has 0 aliphatic heterocycles. The van der Waals surface area contributed by atoms with Crippen molar-refractivity contribution in [3.05, 3.63) is 64.2 Å². The summed E-state index contributed by atoms with van der Waals surface area (Å²) in [6, 6.07) is 11.8. The van der Waals surface area contributed by atoms with Crippen molar-refractivity contribution >= 4 is 27.1 Å². The lowest BCUT2D eigenvalue weighted by atomic mass is 10.2. The van der Waals surface area contributed by atoms with Crippen LogP contribution in [0.3, 0.4) is 0 Å².